The highest BCUT2D eigenvalue weighted by Gasteiger charge is 2.15. The number of hydrogen-bond acceptors (Lipinski definition) is 2. The summed E-state index contributed by atoms with van der Waals surface area (Å²) in [5.41, 5.74) is 15.1. The van der Waals surface area contributed by atoms with E-state index in [0.29, 0.717) is 0 Å². The van der Waals surface area contributed by atoms with Crippen molar-refractivity contribution in [3.8, 4) is 0 Å². The van der Waals surface area contributed by atoms with Gasteiger partial charge < -0.3 is 11.1 Å². The average molecular weight is 316 g/mol. The van der Waals surface area contributed by atoms with Gasteiger partial charge in [-0.3, -0.25) is 0 Å². The molecule has 0 unspecified atom stereocenters. The molecule has 2 heteroatoms. The molecule has 0 spiro atoms. The first-order valence-electron chi connectivity index (χ1n) is 8.30. The van der Waals surface area contributed by atoms with Gasteiger partial charge in [0.15, 0.2) is 0 Å². The number of hydrogen-bond donors (Lipinski definition) is 2. The third-order valence-electron chi connectivity index (χ3n) is 4.51. The van der Waals surface area contributed by atoms with Crippen molar-refractivity contribution in [3.63, 3.8) is 0 Å². The van der Waals surface area contributed by atoms with Crippen molar-refractivity contribution in [3.05, 3.63) is 89.1 Å². The van der Waals surface area contributed by atoms with E-state index in [0.717, 1.165) is 30.6 Å². The molecule has 1 aliphatic rings. The van der Waals surface area contributed by atoms with Gasteiger partial charge in [0.1, 0.15) is 0 Å². The summed E-state index contributed by atoms with van der Waals surface area (Å²) in [5.74, 6) is 0. The largest absolute Gasteiger partial charge is 0.403 e. The van der Waals surface area contributed by atoms with Gasteiger partial charge in [-0.2, -0.15) is 0 Å². The molecule has 2 aromatic rings. The maximum absolute atomic E-state index is 5.68. The van der Waals surface area contributed by atoms with Gasteiger partial charge in [0.05, 0.1) is 0 Å². The molecule has 2 nitrogen and oxygen atoms in total. The van der Waals surface area contributed by atoms with Gasteiger partial charge in [-0.25, -0.2) is 0 Å². The van der Waals surface area contributed by atoms with E-state index in [1.54, 1.807) is 0 Å². The van der Waals surface area contributed by atoms with Crippen molar-refractivity contribution in [1.82, 2.24) is 0 Å². The van der Waals surface area contributed by atoms with E-state index in [2.05, 4.69) is 67.0 Å². The first kappa shape index (κ1) is 16.1. The number of allylic oxidation sites excluding steroid dienone is 3. The normalized spacial score (nSPS) is 13.2. The Morgan fingerprint density at radius 2 is 1.92 bits per heavy atom. The van der Waals surface area contributed by atoms with Crippen LogP contribution in [0.4, 0.5) is 5.69 Å². The Labute approximate surface area is 144 Å². The van der Waals surface area contributed by atoms with Crippen LogP contribution in [0.1, 0.15) is 28.7 Å². The predicted molar refractivity (Wildman–Crippen MR) is 105 cm³/mol. The van der Waals surface area contributed by atoms with Gasteiger partial charge in [-0.15, -0.1) is 0 Å². The molecular weight excluding hydrogens is 292 g/mol. The third-order valence-corrected chi connectivity index (χ3v) is 4.51. The smallest absolute Gasteiger partial charge is 0.0337 e. The molecule has 0 aliphatic heterocycles. The molecule has 24 heavy (non-hydrogen) atoms. The molecule has 0 amide bonds. The molecule has 1 aliphatic carbocycles. The standard InChI is InChI=1S/C22H24N2/c1-15-12-20-13-17(5-4-16(2)23)6-7-19(20)14-22(15)18-8-10-21(24-3)11-9-18/h6-11,13-14,24H,1-2,4-5,12,23H2,3H3. The second-order valence-electron chi connectivity index (χ2n) is 6.36. The van der Waals surface area contributed by atoms with Crippen molar-refractivity contribution in [2.24, 2.45) is 5.73 Å². The zero-order valence-corrected chi connectivity index (χ0v) is 14.2. The molecule has 0 atom stereocenters. The van der Waals surface area contributed by atoms with Gasteiger partial charge in [-0.05, 0) is 70.9 Å². The van der Waals surface area contributed by atoms with Crippen LogP contribution in [0.25, 0.3) is 11.6 Å². The van der Waals surface area contributed by atoms with Crippen LogP contribution in [0.2, 0.25) is 0 Å². The maximum atomic E-state index is 5.68. The first-order chi connectivity index (χ1) is 11.6. The van der Waals surface area contributed by atoms with Gasteiger partial charge in [0.2, 0.25) is 0 Å². The molecule has 0 fully saturated rings. The topological polar surface area (TPSA) is 38.0 Å². The summed E-state index contributed by atoms with van der Waals surface area (Å²) in [5, 5.41) is 3.15. The van der Waals surface area contributed by atoms with Crippen molar-refractivity contribution in [2.45, 2.75) is 19.3 Å². The van der Waals surface area contributed by atoms with Crippen molar-refractivity contribution < 1.29 is 0 Å². The van der Waals surface area contributed by atoms with E-state index in [1.165, 1.54) is 33.4 Å². The summed E-state index contributed by atoms with van der Waals surface area (Å²) in [6, 6.07) is 15.2. The Hall–Kier alpha value is -2.74. The van der Waals surface area contributed by atoms with Crippen LogP contribution in [0.15, 0.2) is 66.9 Å². The molecule has 0 heterocycles. The number of anilines is 1. The van der Waals surface area contributed by atoms with Gasteiger partial charge in [-0.1, -0.05) is 43.5 Å². The minimum absolute atomic E-state index is 0.740. The first-order valence-corrected chi connectivity index (χ1v) is 8.30. The van der Waals surface area contributed by atoms with E-state index in [1.807, 2.05) is 7.05 Å². The Kier molecular flexibility index (Phi) is 4.57. The fourth-order valence-corrected chi connectivity index (χ4v) is 3.10. The number of nitrogens with one attached hydrogen (secondary N) is 1. The van der Waals surface area contributed by atoms with Crippen molar-refractivity contribution in [2.75, 3.05) is 12.4 Å². The monoisotopic (exact) mass is 316 g/mol. The summed E-state index contributed by atoms with van der Waals surface area (Å²) in [7, 11) is 1.93. The molecule has 0 saturated carbocycles. The molecule has 122 valence electrons. The lowest BCUT2D eigenvalue weighted by atomic mass is 9.84. The number of benzene rings is 2. The Morgan fingerprint density at radius 1 is 1.17 bits per heavy atom. The summed E-state index contributed by atoms with van der Waals surface area (Å²) in [4.78, 5) is 0. The second kappa shape index (κ2) is 6.79. The highest BCUT2D eigenvalue weighted by atomic mass is 14.8. The number of nitrogens with two attached hydrogens (primary N) is 1. The van der Waals surface area contributed by atoms with Crippen LogP contribution < -0.4 is 11.1 Å². The minimum Gasteiger partial charge on any atom is -0.403 e. The van der Waals surface area contributed by atoms with Crippen LogP contribution >= 0.6 is 0 Å². The van der Waals surface area contributed by atoms with Crippen molar-refractivity contribution in [1.29, 1.82) is 0 Å². The van der Waals surface area contributed by atoms with E-state index in [9.17, 15) is 0 Å². The molecule has 0 saturated heterocycles. The molecule has 2 aromatic carbocycles. The lowest BCUT2D eigenvalue weighted by molar-refractivity contribution is 0.927. The van der Waals surface area contributed by atoms with Gasteiger partial charge in [0.25, 0.3) is 0 Å². The third kappa shape index (κ3) is 3.43. The molecule has 3 rings (SSSR count). The summed E-state index contributed by atoms with van der Waals surface area (Å²) < 4.78 is 0. The average Bonchev–Trinajstić information content (AvgIpc) is 2.59. The van der Waals surface area contributed by atoms with Crippen LogP contribution in [-0.2, 0) is 12.8 Å². The highest BCUT2D eigenvalue weighted by molar-refractivity contribution is 5.94. The maximum Gasteiger partial charge on any atom is 0.0337 e. The lowest BCUT2D eigenvalue weighted by Gasteiger charge is -2.20. The van der Waals surface area contributed by atoms with Crippen LogP contribution in [0.3, 0.4) is 0 Å². The Morgan fingerprint density at radius 3 is 2.58 bits per heavy atom. The van der Waals surface area contributed by atoms with E-state index >= 15 is 0 Å². The summed E-state index contributed by atoms with van der Waals surface area (Å²) >= 11 is 0. The minimum atomic E-state index is 0.740. The van der Waals surface area contributed by atoms with Crippen molar-refractivity contribution >= 4 is 17.3 Å². The highest BCUT2D eigenvalue weighted by Crippen LogP contribution is 2.34. The fourth-order valence-electron chi connectivity index (χ4n) is 3.10. The number of fused-ring (bicyclic) bond motifs is 1. The van der Waals surface area contributed by atoms with Crippen LogP contribution in [0, 0.1) is 0 Å². The zero-order chi connectivity index (χ0) is 17.1. The second-order valence-corrected chi connectivity index (χ2v) is 6.36. The number of rotatable bonds is 5. The van der Waals surface area contributed by atoms with E-state index in [4.69, 9.17) is 5.73 Å². The Bertz CT molecular complexity index is 810. The fraction of sp³-hybridized carbons (Fsp3) is 0.182. The summed E-state index contributed by atoms with van der Waals surface area (Å²) in [6.45, 7) is 8.07. The molecule has 0 radical (unpaired) electrons. The Balaban J connectivity index is 1.89. The molecule has 0 bridgehead atoms. The quantitative estimate of drug-likeness (QED) is 0.832. The van der Waals surface area contributed by atoms with Crippen LogP contribution in [-0.4, -0.2) is 7.05 Å². The van der Waals surface area contributed by atoms with E-state index < -0.39 is 0 Å². The molecule has 0 aromatic heterocycles. The summed E-state index contributed by atoms with van der Waals surface area (Å²) in [6.07, 6.45) is 4.92. The zero-order valence-electron chi connectivity index (χ0n) is 14.2. The predicted octanol–water partition coefficient (Wildman–Crippen LogP) is 4.79. The molecular formula is C22H24N2. The van der Waals surface area contributed by atoms with E-state index in [-0.39, 0.29) is 0 Å². The molecule has 3 N–H and O–H groups in total. The van der Waals surface area contributed by atoms with Gasteiger partial charge in [0, 0.05) is 18.4 Å². The van der Waals surface area contributed by atoms with Crippen LogP contribution in [0.5, 0.6) is 0 Å². The number of aryl methyl sites for hydroxylation is 1. The SMILES string of the molecule is C=C(N)CCc1ccc2c(c1)CC(=C)C(c1ccc(NC)cc1)=C2. The van der Waals surface area contributed by atoms with Gasteiger partial charge >= 0.3 is 0 Å². The lowest BCUT2D eigenvalue weighted by Crippen LogP contribution is -2.04.